The highest BCUT2D eigenvalue weighted by Gasteiger charge is 2.19. The zero-order chi connectivity index (χ0) is 11.7. The van der Waals surface area contributed by atoms with Gasteiger partial charge in [-0.05, 0) is 20.9 Å². The second kappa shape index (κ2) is 4.00. The molecule has 0 radical (unpaired) electrons. The third-order valence-corrected chi connectivity index (χ3v) is 2.54. The minimum Gasteiger partial charge on any atom is -0.358 e. The van der Waals surface area contributed by atoms with E-state index in [1.807, 2.05) is 0 Å². The second-order valence-electron chi connectivity index (χ2n) is 3.11. The van der Waals surface area contributed by atoms with Crippen LogP contribution in [0.3, 0.4) is 0 Å². The maximum atomic E-state index is 10.6. The van der Waals surface area contributed by atoms with E-state index in [9.17, 15) is 10.1 Å². The Morgan fingerprint density at radius 2 is 2.38 bits per heavy atom. The molecule has 0 aliphatic heterocycles. The van der Waals surface area contributed by atoms with Crippen LogP contribution in [0, 0.1) is 10.1 Å². The predicted molar refractivity (Wildman–Crippen MR) is 56.7 cm³/mol. The van der Waals surface area contributed by atoms with Crippen molar-refractivity contribution in [3.63, 3.8) is 0 Å². The maximum absolute atomic E-state index is 10.6. The molecule has 8 nitrogen and oxygen atoms in total. The standard InChI is InChI=1S/C7H7BrN6O2/c1-12-4-9-10-6(12)3-13-2-5(8)7(11-13)14(15)16/h2,4H,3H2,1H3. The topological polar surface area (TPSA) is 91.7 Å². The number of hydrogen-bond acceptors (Lipinski definition) is 5. The van der Waals surface area contributed by atoms with E-state index in [0.29, 0.717) is 16.8 Å². The molecule has 0 aliphatic carbocycles. The van der Waals surface area contributed by atoms with Gasteiger partial charge in [-0.3, -0.25) is 0 Å². The summed E-state index contributed by atoms with van der Waals surface area (Å²) in [7, 11) is 1.79. The highest BCUT2D eigenvalue weighted by molar-refractivity contribution is 9.10. The normalized spacial score (nSPS) is 10.6. The molecule has 0 unspecified atom stereocenters. The molecule has 0 aliphatic rings. The Balaban J connectivity index is 2.26. The Hall–Kier alpha value is -1.77. The number of aromatic nitrogens is 5. The van der Waals surface area contributed by atoms with Gasteiger partial charge < -0.3 is 14.7 Å². The van der Waals surface area contributed by atoms with E-state index in [1.54, 1.807) is 17.9 Å². The van der Waals surface area contributed by atoms with E-state index in [4.69, 9.17) is 0 Å². The first-order valence-electron chi connectivity index (χ1n) is 4.28. The van der Waals surface area contributed by atoms with Gasteiger partial charge in [-0.1, -0.05) is 0 Å². The van der Waals surface area contributed by atoms with Crippen LogP contribution in [0.4, 0.5) is 5.82 Å². The third-order valence-electron chi connectivity index (χ3n) is 1.98. The van der Waals surface area contributed by atoms with Crippen LogP contribution in [0.5, 0.6) is 0 Å². The second-order valence-corrected chi connectivity index (χ2v) is 3.97. The first kappa shape index (κ1) is 10.7. The fourth-order valence-corrected chi connectivity index (χ4v) is 1.65. The molecule has 0 atom stereocenters. The molecule has 2 aromatic rings. The lowest BCUT2D eigenvalue weighted by Crippen LogP contribution is -2.06. The molecule has 9 heteroatoms. The summed E-state index contributed by atoms with van der Waals surface area (Å²) >= 11 is 3.07. The smallest absolute Gasteiger partial charge is 0.358 e. The number of hydrogen-bond donors (Lipinski definition) is 0. The summed E-state index contributed by atoms with van der Waals surface area (Å²) < 4.78 is 3.51. The van der Waals surface area contributed by atoms with E-state index in [1.165, 1.54) is 10.9 Å². The average molecular weight is 287 g/mol. The van der Waals surface area contributed by atoms with Crippen LogP contribution in [-0.4, -0.2) is 29.5 Å². The Morgan fingerprint density at radius 1 is 1.62 bits per heavy atom. The number of rotatable bonds is 3. The van der Waals surface area contributed by atoms with Gasteiger partial charge in [0.2, 0.25) is 0 Å². The van der Waals surface area contributed by atoms with Crippen LogP contribution in [0.1, 0.15) is 5.82 Å². The van der Waals surface area contributed by atoms with E-state index >= 15 is 0 Å². The van der Waals surface area contributed by atoms with E-state index in [-0.39, 0.29) is 5.82 Å². The first-order chi connectivity index (χ1) is 7.58. The van der Waals surface area contributed by atoms with E-state index in [0.717, 1.165) is 0 Å². The van der Waals surface area contributed by atoms with Crippen molar-refractivity contribution in [3.05, 3.63) is 32.9 Å². The summed E-state index contributed by atoms with van der Waals surface area (Å²) in [5, 5.41) is 22.0. The molecule has 16 heavy (non-hydrogen) atoms. The molecule has 0 spiro atoms. The van der Waals surface area contributed by atoms with Gasteiger partial charge in [0.1, 0.15) is 17.3 Å². The Labute approximate surface area is 98.2 Å². The van der Waals surface area contributed by atoms with Gasteiger partial charge in [-0.15, -0.1) is 10.2 Å². The van der Waals surface area contributed by atoms with Gasteiger partial charge in [-0.25, -0.2) is 0 Å². The summed E-state index contributed by atoms with van der Waals surface area (Å²) in [6.07, 6.45) is 3.09. The fourth-order valence-electron chi connectivity index (χ4n) is 1.19. The minimum absolute atomic E-state index is 0.206. The minimum atomic E-state index is -0.544. The zero-order valence-corrected chi connectivity index (χ0v) is 9.83. The number of nitrogens with zero attached hydrogens (tertiary/aromatic N) is 6. The van der Waals surface area contributed by atoms with Gasteiger partial charge >= 0.3 is 5.82 Å². The lowest BCUT2D eigenvalue weighted by atomic mass is 10.6. The molecule has 0 fully saturated rings. The van der Waals surface area contributed by atoms with Gasteiger partial charge in [-0.2, -0.15) is 4.68 Å². The molecule has 0 bridgehead atoms. The maximum Gasteiger partial charge on any atom is 0.404 e. The Bertz CT molecular complexity index is 533. The van der Waals surface area contributed by atoms with Gasteiger partial charge in [0, 0.05) is 7.05 Å². The molecule has 0 aromatic carbocycles. The molecule has 84 valence electrons. The highest BCUT2D eigenvalue weighted by Crippen LogP contribution is 2.22. The van der Waals surface area contributed by atoms with Crippen molar-refractivity contribution in [2.45, 2.75) is 6.54 Å². The molecule has 0 amide bonds. The van der Waals surface area contributed by atoms with Crippen molar-refractivity contribution < 1.29 is 4.92 Å². The predicted octanol–water partition coefficient (Wildman–Crippen LogP) is 0.731. The van der Waals surface area contributed by atoms with Crippen LogP contribution < -0.4 is 0 Å². The number of aryl methyl sites for hydroxylation is 1. The van der Waals surface area contributed by atoms with Crippen molar-refractivity contribution >= 4 is 21.7 Å². The number of nitro groups is 1. The molecule has 0 saturated heterocycles. The molecule has 2 rings (SSSR count). The highest BCUT2D eigenvalue weighted by atomic mass is 79.9. The summed E-state index contributed by atoms with van der Waals surface area (Å²) in [4.78, 5) is 10.0. The van der Waals surface area contributed by atoms with Crippen molar-refractivity contribution in [2.24, 2.45) is 7.05 Å². The van der Waals surface area contributed by atoms with E-state index in [2.05, 4.69) is 31.2 Å². The molecule has 0 N–H and O–H groups in total. The fraction of sp³-hybridized carbons (Fsp3) is 0.286. The lowest BCUT2D eigenvalue weighted by molar-refractivity contribution is -0.390. The molecule has 2 heterocycles. The van der Waals surface area contributed by atoms with Crippen molar-refractivity contribution in [3.8, 4) is 0 Å². The average Bonchev–Trinajstić information content (AvgIpc) is 2.75. The summed E-state index contributed by atoms with van der Waals surface area (Å²) in [6, 6.07) is 0. The molecular weight excluding hydrogens is 280 g/mol. The van der Waals surface area contributed by atoms with Crippen molar-refractivity contribution in [1.82, 2.24) is 24.5 Å². The summed E-state index contributed by atoms with van der Waals surface area (Å²) in [5.74, 6) is 0.465. The van der Waals surface area contributed by atoms with Crippen LogP contribution in [0.25, 0.3) is 0 Å². The van der Waals surface area contributed by atoms with Crippen molar-refractivity contribution in [2.75, 3.05) is 0 Å². The zero-order valence-electron chi connectivity index (χ0n) is 8.24. The van der Waals surface area contributed by atoms with Gasteiger partial charge in [0.25, 0.3) is 0 Å². The SMILES string of the molecule is Cn1cnnc1Cn1cc(Br)c([N+](=O)[O-])n1. The Kier molecular flexibility index (Phi) is 2.69. The van der Waals surface area contributed by atoms with Gasteiger partial charge in [0.05, 0.1) is 11.3 Å². The van der Waals surface area contributed by atoms with Crippen molar-refractivity contribution in [1.29, 1.82) is 0 Å². The van der Waals surface area contributed by atoms with Crippen LogP contribution in [-0.2, 0) is 13.6 Å². The number of halogens is 1. The first-order valence-corrected chi connectivity index (χ1v) is 5.07. The summed E-state index contributed by atoms with van der Waals surface area (Å²) in [5.41, 5.74) is 0. The van der Waals surface area contributed by atoms with Crippen LogP contribution in [0.15, 0.2) is 17.0 Å². The molecule has 2 aromatic heterocycles. The third kappa shape index (κ3) is 1.94. The lowest BCUT2D eigenvalue weighted by Gasteiger charge is -1.95. The van der Waals surface area contributed by atoms with Crippen LogP contribution >= 0.6 is 15.9 Å². The Morgan fingerprint density at radius 3 is 2.88 bits per heavy atom. The van der Waals surface area contributed by atoms with Gasteiger partial charge in [0.15, 0.2) is 5.82 Å². The summed E-state index contributed by atoms with van der Waals surface area (Å²) in [6.45, 7) is 0.336. The van der Waals surface area contributed by atoms with E-state index < -0.39 is 4.92 Å². The monoisotopic (exact) mass is 286 g/mol. The largest absolute Gasteiger partial charge is 0.404 e. The molecular formula is C7H7BrN6O2. The van der Waals surface area contributed by atoms with Crippen LogP contribution in [0.2, 0.25) is 0 Å². The molecule has 0 saturated carbocycles. The quantitative estimate of drug-likeness (QED) is 0.613.